The molecule has 7 nitrogen and oxygen atoms in total. The van der Waals surface area contributed by atoms with Crippen molar-refractivity contribution >= 4 is 46.5 Å². The monoisotopic (exact) mass is 343 g/mol. The number of rotatable bonds is 3. The van der Waals surface area contributed by atoms with E-state index in [2.05, 4.69) is 15.4 Å². The van der Waals surface area contributed by atoms with Gasteiger partial charge in [-0.3, -0.25) is 9.48 Å². The zero-order valence-electron chi connectivity index (χ0n) is 13.0. The number of pyridine rings is 1. The summed E-state index contributed by atoms with van der Waals surface area (Å²) in [4.78, 5) is 28.9. The first-order valence-corrected chi connectivity index (χ1v) is 7.48. The molecule has 0 saturated heterocycles. The maximum Gasteiger partial charge on any atom is 0.333 e. The number of aromatic nitrogens is 3. The van der Waals surface area contributed by atoms with Crippen molar-refractivity contribution in [3.63, 3.8) is 0 Å². The number of amides is 3. The van der Waals surface area contributed by atoms with E-state index in [1.165, 1.54) is 12.3 Å². The smallest absolute Gasteiger partial charge is 0.306 e. The van der Waals surface area contributed by atoms with E-state index in [1.807, 2.05) is 6.92 Å². The van der Waals surface area contributed by atoms with Crippen LogP contribution in [-0.4, -0.2) is 27.2 Å². The van der Waals surface area contributed by atoms with Crippen LogP contribution in [0.15, 0.2) is 36.5 Å². The topological polar surface area (TPSA) is 80.1 Å². The minimum atomic E-state index is -0.602. The normalized spacial score (nSPS) is 10.6. The van der Waals surface area contributed by atoms with E-state index in [9.17, 15) is 9.59 Å². The van der Waals surface area contributed by atoms with Crippen molar-refractivity contribution < 1.29 is 9.59 Å². The van der Waals surface area contributed by atoms with Crippen molar-refractivity contribution in [1.82, 2.24) is 14.8 Å². The second kappa shape index (κ2) is 6.29. The van der Waals surface area contributed by atoms with Crippen LogP contribution in [0.2, 0.25) is 5.02 Å². The second-order valence-corrected chi connectivity index (χ2v) is 5.63. The SMILES string of the molecule is Cc1nn(C)c2ncc(NC(=O)N(C=O)c3cccc(Cl)c3)cc12. The first-order chi connectivity index (χ1) is 11.5. The molecule has 3 amide bonds. The van der Waals surface area contributed by atoms with Crippen LogP contribution < -0.4 is 10.2 Å². The Labute approximate surface area is 142 Å². The van der Waals surface area contributed by atoms with Crippen molar-refractivity contribution in [3.8, 4) is 0 Å². The van der Waals surface area contributed by atoms with E-state index in [0.717, 1.165) is 16.0 Å². The minimum Gasteiger partial charge on any atom is -0.306 e. The molecule has 3 rings (SSSR count). The van der Waals surface area contributed by atoms with Crippen LogP contribution in [0.25, 0.3) is 11.0 Å². The van der Waals surface area contributed by atoms with E-state index in [-0.39, 0.29) is 0 Å². The fourth-order valence-electron chi connectivity index (χ4n) is 2.41. The first kappa shape index (κ1) is 15.9. The van der Waals surface area contributed by atoms with Gasteiger partial charge in [-0.15, -0.1) is 0 Å². The van der Waals surface area contributed by atoms with Gasteiger partial charge in [0.05, 0.1) is 23.3 Å². The zero-order valence-corrected chi connectivity index (χ0v) is 13.8. The minimum absolute atomic E-state index is 0.376. The maximum atomic E-state index is 12.4. The predicted molar refractivity (Wildman–Crippen MR) is 92.3 cm³/mol. The van der Waals surface area contributed by atoms with Gasteiger partial charge < -0.3 is 5.32 Å². The number of nitrogens with one attached hydrogen (secondary N) is 1. The van der Waals surface area contributed by atoms with Crippen LogP contribution in [0.5, 0.6) is 0 Å². The summed E-state index contributed by atoms with van der Waals surface area (Å²) in [5.74, 6) is 0. The number of aryl methyl sites for hydroxylation is 2. The van der Waals surface area contributed by atoms with Crippen LogP contribution in [0.4, 0.5) is 16.2 Å². The third kappa shape index (κ3) is 2.93. The highest BCUT2D eigenvalue weighted by molar-refractivity contribution is 6.31. The third-order valence-corrected chi connectivity index (χ3v) is 3.76. The Hall–Kier alpha value is -2.93. The quantitative estimate of drug-likeness (QED) is 0.741. The highest BCUT2D eigenvalue weighted by Gasteiger charge is 2.16. The number of nitrogens with zero attached hydrogens (tertiary/aromatic N) is 4. The van der Waals surface area contributed by atoms with Gasteiger partial charge in [-0.25, -0.2) is 14.7 Å². The van der Waals surface area contributed by atoms with Gasteiger partial charge in [0.1, 0.15) is 0 Å². The fraction of sp³-hybridized carbons (Fsp3) is 0.125. The van der Waals surface area contributed by atoms with Gasteiger partial charge in [-0.2, -0.15) is 5.10 Å². The highest BCUT2D eigenvalue weighted by Crippen LogP contribution is 2.22. The summed E-state index contributed by atoms with van der Waals surface area (Å²) in [6.45, 7) is 1.86. The number of fused-ring (bicyclic) bond motifs is 1. The molecule has 0 unspecified atom stereocenters. The molecule has 24 heavy (non-hydrogen) atoms. The molecule has 0 spiro atoms. The van der Waals surface area contributed by atoms with Crippen molar-refractivity contribution in [2.75, 3.05) is 10.2 Å². The van der Waals surface area contributed by atoms with E-state index in [0.29, 0.717) is 28.5 Å². The third-order valence-electron chi connectivity index (χ3n) is 3.52. The highest BCUT2D eigenvalue weighted by atomic mass is 35.5. The average Bonchev–Trinajstić information content (AvgIpc) is 2.82. The molecule has 122 valence electrons. The van der Waals surface area contributed by atoms with Crippen LogP contribution in [0, 0.1) is 6.92 Å². The maximum absolute atomic E-state index is 12.4. The van der Waals surface area contributed by atoms with Gasteiger partial charge in [-0.1, -0.05) is 17.7 Å². The van der Waals surface area contributed by atoms with E-state index < -0.39 is 6.03 Å². The molecule has 0 atom stereocenters. The molecule has 0 fully saturated rings. The lowest BCUT2D eigenvalue weighted by molar-refractivity contribution is -0.106. The molecule has 0 radical (unpaired) electrons. The molecule has 0 aliphatic carbocycles. The van der Waals surface area contributed by atoms with Crippen LogP contribution in [-0.2, 0) is 11.8 Å². The lowest BCUT2D eigenvalue weighted by atomic mass is 10.2. The molecule has 0 aliphatic rings. The molecule has 0 bridgehead atoms. The lowest BCUT2D eigenvalue weighted by Crippen LogP contribution is -2.33. The van der Waals surface area contributed by atoms with Crippen LogP contribution >= 0.6 is 11.6 Å². The van der Waals surface area contributed by atoms with Gasteiger partial charge in [0.15, 0.2) is 5.65 Å². The van der Waals surface area contributed by atoms with Crippen molar-refractivity contribution in [1.29, 1.82) is 0 Å². The molecule has 1 N–H and O–H groups in total. The second-order valence-electron chi connectivity index (χ2n) is 5.19. The van der Waals surface area contributed by atoms with Gasteiger partial charge in [-0.05, 0) is 31.2 Å². The van der Waals surface area contributed by atoms with Gasteiger partial charge >= 0.3 is 6.03 Å². The number of hydrogen-bond donors (Lipinski definition) is 1. The van der Waals surface area contributed by atoms with Crippen LogP contribution in [0.1, 0.15) is 5.69 Å². The molecule has 8 heteroatoms. The number of carbonyl (C=O) groups excluding carboxylic acids is 2. The molecule has 0 saturated carbocycles. The largest absolute Gasteiger partial charge is 0.333 e. The van der Waals surface area contributed by atoms with Crippen molar-refractivity contribution in [2.45, 2.75) is 6.92 Å². The Bertz CT molecular complexity index is 937. The lowest BCUT2D eigenvalue weighted by Gasteiger charge is -2.16. The Morgan fingerprint density at radius 2 is 2.17 bits per heavy atom. The van der Waals surface area contributed by atoms with E-state index >= 15 is 0 Å². The summed E-state index contributed by atoms with van der Waals surface area (Å²) in [7, 11) is 1.80. The number of urea groups is 1. The van der Waals surface area contributed by atoms with Gasteiger partial charge in [0, 0.05) is 17.5 Å². The molecular formula is C16H14ClN5O2. The Morgan fingerprint density at radius 1 is 1.38 bits per heavy atom. The summed E-state index contributed by atoms with van der Waals surface area (Å²) < 4.78 is 1.67. The number of anilines is 2. The van der Waals surface area contributed by atoms with Gasteiger partial charge in [0.25, 0.3) is 0 Å². The summed E-state index contributed by atoms with van der Waals surface area (Å²) in [5.41, 5.74) is 2.37. The summed E-state index contributed by atoms with van der Waals surface area (Å²) in [6, 6.07) is 7.64. The molecule has 1 aromatic carbocycles. The Balaban J connectivity index is 1.88. The molecule has 0 aliphatic heterocycles. The summed E-state index contributed by atoms with van der Waals surface area (Å²) in [6.07, 6.45) is 1.95. The fourth-order valence-corrected chi connectivity index (χ4v) is 2.60. The molecule has 2 aromatic heterocycles. The van der Waals surface area contributed by atoms with Crippen molar-refractivity contribution in [2.24, 2.45) is 7.05 Å². The average molecular weight is 344 g/mol. The molecule has 3 aromatic rings. The summed E-state index contributed by atoms with van der Waals surface area (Å²) in [5, 5.41) is 8.19. The number of halogens is 1. The number of benzene rings is 1. The Kier molecular flexibility index (Phi) is 4.18. The standard InChI is InChI=1S/C16H14ClN5O2/c1-10-14-7-12(8-18-15(14)21(2)20-10)19-16(24)22(9-23)13-5-3-4-11(17)6-13/h3-9H,1-2H3,(H,19,24). The van der Waals surface area contributed by atoms with Crippen molar-refractivity contribution in [3.05, 3.63) is 47.2 Å². The van der Waals surface area contributed by atoms with E-state index in [1.54, 1.807) is 36.0 Å². The first-order valence-electron chi connectivity index (χ1n) is 7.10. The zero-order chi connectivity index (χ0) is 17.3. The van der Waals surface area contributed by atoms with E-state index in [4.69, 9.17) is 11.6 Å². The van der Waals surface area contributed by atoms with Crippen LogP contribution in [0.3, 0.4) is 0 Å². The molecule has 2 heterocycles. The van der Waals surface area contributed by atoms with Gasteiger partial charge in [0.2, 0.25) is 6.41 Å². The number of carbonyl (C=O) groups is 2. The summed E-state index contributed by atoms with van der Waals surface area (Å²) >= 11 is 5.90. The predicted octanol–water partition coefficient (Wildman–Crippen LogP) is 3.13. The number of imide groups is 1. The number of hydrogen-bond acceptors (Lipinski definition) is 4. The Morgan fingerprint density at radius 3 is 2.88 bits per heavy atom. The molecular weight excluding hydrogens is 330 g/mol.